The van der Waals surface area contributed by atoms with E-state index < -0.39 is 0 Å². The summed E-state index contributed by atoms with van der Waals surface area (Å²) in [5.41, 5.74) is 2.44. The molecule has 26 heavy (non-hydrogen) atoms. The molecule has 2 aromatic rings. The number of ether oxygens (including phenoxy) is 2. The molecule has 3 rings (SSSR count). The fourth-order valence-corrected chi connectivity index (χ4v) is 2.86. The monoisotopic (exact) mass is 354 g/mol. The number of nitrogens with zero attached hydrogens (tertiary/aromatic N) is 1. The van der Waals surface area contributed by atoms with Gasteiger partial charge in [0.25, 0.3) is 11.8 Å². The van der Waals surface area contributed by atoms with Crippen LogP contribution in [0.25, 0.3) is 0 Å². The summed E-state index contributed by atoms with van der Waals surface area (Å²) in [4.78, 5) is 26.3. The molecule has 6 nitrogen and oxygen atoms in total. The molecule has 2 aromatic carbocycles. The number of anilines is 1. The molecule has 0 saturated carbocycles. The lowest BCUT2D eigenvalue weighted by molar-refractivity contribution is -0.129. The Kier molecular flexibility index (Phi) is 5.53. The second-order valence-corrected chi connectivity index (χ2v) is 6.18. The lowest BCUT2D eigenvalue weighted by Gasteiger charge is -2.33. The van der Waals surface area contributed by atoms with Gasteiger partial charge < -0.3 is 19.7 Å². The van der Waals surface area contributed by atoms with Gasteiger partial charge in [-0.05, 0) is 31.2 Å². The van der Waals surface area contributed by atoms with E-state index in [4.69, 9.17) is 9.47 Å². The lowest BCUT2D eigenvalue weighted by Crippen LogP contribution is -2.50. The van der Waals surface area contributed by atoms with Gasteiger partial charge in [-0.15, -0.1) is 0 Å². The third kappa shape index (κ3) is 4.03. The highest BCUT2D eigenvalue weighted by Crippen LogP contribution is 2.20. The Morgan fingerprint density at radius 2 is 1.96 bits per heavy atom. The molecule has 1 heterocycles. The number of methoxy groups -OCH3 is 1. The van der Waals surface area contributed by atoms with Gasteiger partial charge in [0.2, 0.25) is 0 Å². The maximum atomic E-state index is 12.4. The first-order valence-corrected chi connectivity index (χ1v) is 8.48. The minimum atomic E-state index is -0.271. The maximum absolute atomic E-state index is 12.4. The average Bonchev–Trinajstić information content (AvgIpc) is 2.68. The minimum Gasteiger partial charge on any atom is -0.496 e. The van der Waals surface area contributed by atoms with E-state index in [1.165, 1.54) is 7.11 Å². The molecule has 0 bridgehead atoms. The maximum Gasteiger partial charge on any atom is 0.255 e. The summed E-state index contributed by atoms with van der Waals surface area (Å²) in [6, 6.07) is 14.8. The molecule has 6 heteroatoms. The van der Waals surface area contributed by atoms with Crippen molar-refractivity contribution in [3.8, 4) is 5.75 Å². The highest BCUT2D eigenvalue weighted by molar-refractivity contribution is 5.97. The van der Waals surface area contributed by atoms with Crippen LogP contribution in [0.4, 0.5) is 5.69 Å². The zero-order chi connectivity index (χ0) is 18.5. The predicted octanol–water partition coefficient (Wildman–Crippen LogP) is 2.17. The van der Waals surface area contributed by atoms with Crippen molar-refractivity contribution in [2.24, 2.45) is 0 Å². The van der Waals surface area contributed by atoms with Crippen LogP contribution in [0.1, 0.15) is 15.9 Å². The van der Waals surface area contributed by atoms with Crippen molar-refractivity contribution in [3.05, 3.63) is 59.7 Å². The Morgan fingerprint density at radius 3 is 2.69 bits per heavy atom. The molecule has 1 N–H and O–H groups in total. The topological polar surface area (TPSA) is 67.9 Å². The summed E-state index contributed by atoms with van der Waals surface area (Å²) in [5, 5.41) is 2.86. The van der Waals surface area contributed by atoms with Crippen LogP contribution in [0.3, 0.4) is 0 Å². The van der Waals surface area contributed by atoms with Gasteiger partial charge in [-0.2, -0.15) is 0 Å². The fourth-order valence-electron chi connectivity index (χ4n) is 2.86. The van der Waals surface area contributed by atoms with E-state index in [1.54, 1.807) is 23.1 Å². The Balaban J connectivity index is 1.62. The summed E-state index contributed by atoms with van der Waals surface area (Å²) in [6.45, 7) is 2.71. The van der Waals surface area contributed by atoms with Crippen LogP contribution in [-0.4, -0.2) is 44.7 Å². The molecule has 136 valence electrons. The number of benzene rings is 2. The standard InChI is InChI=1S/C20H22N2O4/c1-14-7-9-15(10-8-14)22-12-16(26-13-19(22)23)11-21-20(24)17-5-3-4-6-18(17)25-2/h3-10,16H,11-13H2,1-2H3,(H,21,24). The molecule has 0 aromatic heterocycles. The van der Waals surface area contributed by atoms with Crippen LogP contribution in [-0.2, 0) is 9.53 Å². The van der Waals surface area contributed by atoms with Gasteiger partial charge in [0.05, 0.1) is 25.3 Å². The molecule has 0 spiro atoms. The summed E-state index contributed by atoms with van der Waals surface area (Å²) < 4.78 is 10.8. The molecule has 1 aliphatic rings. The largest absolute Gasteiger partial charge is 0.496 e. The molecule has 1 saturated heterocycles. The Morgan fingerprint density at radius 1 is 1.23 bits per heavy atom. The molecule has 0 aliphatic carbocycles. The number of amides is 2. The number of morpholine rings is 1. The lowest BCUT2D eigenvalue weighted by atomic mass is 10.1. The summed E-state index contributed by atoms with van der Waals surface area (Å²) in [7, 11) is 1.53. The van der Waals surface area contributed by atoms with Crippen molar-refractivity contribution in [2.75, 3.05) is 31.7 Å². The van der Waals surface area contributed by atoms with Crippen molar-refractivity contribution < 1.29 is 19.1 Å². The van der Waals surface area contributed by atoms with E-state index in [0.29, 0.717) is 24.4 Å². The zero-order valence-electron chi connectivity index (χ0n) is 14.9. The van der Waals surface area contributed by atoms with Gasteiger partial charge in [-0.25, -0.2) is 0 Å². The van der Waals surface area contributed by atoms with Crippen molar-refractivity contribution >= 4 is 17.5 Å². The second kappa shape index (κ2) is 8.01. The fraction of sp³-hybridized carbons (Fsp3) is 0.300. The molecule has 0 radical (unpaired) electrons. The van der Waals surface area contributed by atoms with E-state index in [1.807, 2.05) is 37.3 Å². The quantitative estimate of drug-likeness (QED) is 0.894. The van der Waals surface area contributed by atoms with Crippen LogP contribution in [0, 0.1) is 6.92 Å². The Hall–Kier alpha value is -2.86. The van der Waals surface area contributed by atoms with Gasteiger partial charge >= 0.3 is 0 Å². The number of carbonyl (C=O) groups excluding carboxylic acids is 2. The van der Waals surface area contributed by atoms with E-state index in [0.717, 1.165) is 11.3 Å². The predicted molar refractivity (Wildman–Crippen MR) is 98.6 cm³/mol. The number of hydrogen-bond acceptors (Lipinski definition) is 4. The first-order valence-electron chi connectivity index (χ1n) is 8.48. The Bertz CT molecular complexity index is 789. The van der Waals surface area contributed by atoms with Crippen molar-refractivity contribution in [3.63, 3.8) is 0 Å². The Labute approximate surface area is 152 Å². The third-order valence-corrected chi connectivity index (χ3v) is 4.32. The molecule has 1 aliphatic heterocycles. The minimum absolute atomic E-state index is 0.00305. The number of para-hydroxylation sites is 1. The molecule has 1 fully saturated rings. The van der Waals surface area contributed by atoms with Crippen LogP contribution in [0.5, 0.6) is 5.75 Å². The van der Waals surface area contributed by atoms with E-state index in [-0.39, 0.29) is 24.5 Å². The molecule has 2 amide bonds. The van der Waals surface area contributed by atoms with Gasteiger partial charge in [0.15, 0.2) is 0 Å². The summed E-state index contributed by atoms with van der Waals surface area (Å²) >= 11 is 0. The summed E-state index contributed by atoms with van der Waals surface area (Å²) in [5.74, 6) is 0.206. The number of aryl methyl sites for hydroxylation is 1. The van der Waals surface area contributed by atoms with Gasteiger partial charge in [0.1, 0.15) is 12.4 Å². The number of carbonyl (C=O) groups is 2. The number of hydrogen-bond donors (Lipinski definition) is 1. The number of rotatable bonds is 5. The van der Waals surface area contributed by atoms with Crippen molar-refractivity contribution in [1.82, 2.24) is 5.32 Å². The molecule has 1 unspecified atom stereocenters. The number of nitrogens with one attached hydrogen (secondary N) is 1. The molecule has 1 atom stereocenters. The van der Waals surface area contributed by atoms with Crippen LogP contribution < -0.4 is 15.0 Å². The molecular weight excluding hydrogens is 332 g/mol. The smallest absolute Gasteiger partial charge is 0.255 e. The summed E-state index contributed by atoms with van der Waals surface area (Å²) in [6.07, 6.45) is -0.271. The van der Waals surface area contributed by atoms with Crippen molar-refractivity contribution in [1.29, 1.82) is 0 Å². The van der Waals surface area contributed by atoms with Gasteiger partial charge in [0, 0.05) is 12.2 Å². The van der Waals surface area contributed by atoms with E-state index in [9.17, 15) is 9.59 Å². The zero-order valence-corrected chi connectivity index (χ0v) is 14.9. The SMILES string of the molecule is COc1ccccc1C(=O)NCC1CN(c2ccc(C)cc2)C(=O)CO1. The normalized spacial score (nSPS) is 17.1. The van der Waals surface area contributed by atoms with Crippen LogP contribution in [0.2, 0.25) is 0 Å². The van der Waals surface area contributed by atoms with Crippen molar-refractivity contribution in [2.45, 2.75) is 13.0 Å². The first kappa shape index (κ1) is 17.9. The van der Waals surface area contributed by atoms with Crippen LogP contribution in [0.15, 0.2) is 48.5 Å². The average molecular weight is 354 g/mol. The van der Waals surface area contributed by atoms with Gasteiger partial charge in [-0.3, -0.25) is 9.59 Å². The first-order chi connectivity index (χ1) is 12.6. The van der Waals surface area contributed by atoms with E-state index >= 15 is 0 Å². The van der Waals surface area contributed by atoms with Crippen LogP contribution >= 0.6 is 0 Å². The molecular formula is C20H22N2O4. The van der Waals surface area contributed by atoms with E-state index in [2.05, 4.69) is 5.32 Å². The third-order valence-electron chi connectivity index (χ3n) is 4.32. The van der Waals surface area contributed by atoms with Gasteiger partial charge in [-0.1, -0.05) is 29.8 Å². The second-order valence-electron chi connectivity index (χ2n) is 6.18. The highest BCUT2D eigenvalue weighted by atomic mass is 16.5. The highest BCUT2D eigenvalue weighted by Gasteiger charge is 2.28.